The first kappa shape index (κ1) is 24.1. The number of hydrogen-bond acceptors (Lipinski definition) is 0. The van der Waals surface area contributed by atoms with E-state index in [4.69, 9.17) is 0 Å². The summed E-state index contributed by atoms with van der Waals surface area (Å²) in [5, 5.41) is 7.68. The molecule has 0 atom stereocenters. The highest BCUT2D eigenvalue weighted by atomic mass is 15.3. The zero-order valence-electron chi connectivity index (χ0n) is 23.6. The van der Waals surface area contributed by atoms with Gasteiger partial charge in [0.05, 0.1) is 0 Å². The van der Waals surface area contributed by atoms with E-state index >= 15 is 0 Å². The fourth-order valence-electron chi connectivity index (χ4n) is 7.03. The number of nitrogens with one attached hydrogen (secondary N) is 1. The lowest BCUT2D eigenvalue weighted by Crippen LogP contribution is -2.82. The Labute approximate surface area is 250 Å². The van der Waals surface area contributed by atoms with Gasteiger partial charge in [-0.2, -0.15) is 0 Å². The van der Waals surface area contributed by atoms with E-state index in [2.05, 4.69) is 164 Å². The van der Waals surface area contributed by atoms with Crippen LogP contribution in [0, 0.1) is 0 Å². The smallest absolute Gasteiger partial charge is 0.203 e. The predicted molar refractivity (Wildman–Crippen MR) is 182 cm³/mol. The first-order chi connectivity index (χ1) is 21.3. The van der Waals surface area contributed by atoms with Crippen molar-refractivity contribution < 1.29 is 4.90 Å². The maximum absolute atomic E-state index is 2.30. The quantitative estimate of drug-likeness (QED) is 0.165. The van der Waals surface area contributed by atoms with Crippen LogP contribution in [0.2, 0.25) is 0 Å². The van der Waals surface area contributed by atoms with Crippen molar-refractivity contribution in [3.8, 4) is 33.4 Å². The molecule has 1 nitrogen and oxygen atoms in total. The summed E-state index contributed by atoms with van der Waals surface area (Å²) in [5.41, 5.74) is 11.6. The van der Waals surface area contributed by atoms with Gasteiger partial charge in [0.25, 0.3) is 0 Å². The minimum absolute atomic E-state index is 1.24. The van der Waals surface area contributed by atoms with Crippen LogP contribution in [0.15, 0.2) is 164 Å². The monoisotopic (exact) mass is 546 g/mol. The first-order valence-corrected chi connectivity index (χ1v) is 14.9. The Balaban J connectivity index is 1.19. The van der Waals surface area contributed by atoms with Gasteiger partial charge in [0.15, 0.2) is 0 Å². The van der Waals surface area contributed by atoms with Gasteiger partial charge in [-0.3, -0.25) is 0 Å². The van der Waals surface area contributed by atoms with Gasteiger partial charge < -0.3 is 0 Å². The van der Waals surface area contributed by atoms with Gasteiger partial charge in [0, 0.05) is 24.3 Å². The molecular formula is C42H28N+. The van der Waals surface area contributed by atoms with Crippen molar-refractivity contribution in [2.24, 2.45) is 0 Å². The summed E-state index contributed by atoms with van der Waals surface area (Å²) in [5.74, 6) is 0. The molecule has 200 valence electrons. The Hall–Kier alpha value is -5.50. The van der Waals surface area contributed by atoms with Gasteiger partial charge in [-0.25, -0.2) is 4.90 Å². The first-order valence-electron chi connectivity index (χ1n) is 14.9. The van der Waals surface area contributed by atoms with Crippen LogP contribution in [0.25, 0.3) is 65.7 Å². The lowest BCUT2D eigenvalue weighted by Gasteiger charge is -2.18. The number of para-hydroxylation sites is 2. The van der Waals surface area contributed by atoms with Crippen LogP contribution in [0.4, 0.5) is 17.1 Å². The molecule has 43 heavy (non-hydrogen) atoms. The maximum atomic E-state index is 2.30. The molecule has 1 N–H and O–H groups in total. The van der Waals surface area contributed by atoms with Crippen molar-refractivity contribution in [3.63, 3.8) is 0 Å². The molecule has 0 saturated carbocycles. The molecule has 8 aromatic rings. The standard InChI is InChI=1S/C42H27N/c1-2-12-33-28(10-1)11-9-17-34(33)29-20-22-30(23-21-29)41-35-13-3-5-15-37(35)42(38-16-6-4-14-36(38)41)31-24-26-32(27-25-31)43-39-18-7-8-19-40(39)43/h1-27H/p+1. The summed E-state index contributed by atoms with van der Waals surface area (Å²) < 4.78 is 0. The van der Waals surface area contributed by atoms with Crippen molar-refractivity contribution in [2.75, 3.05) is 0 Å². The minimum atomic E-state index is 1.24. The molecule has 0 saturated heterocycles. The third kappa shape index (κ3) is 3.83. The second kappa shape index (κ2) is 9.52. The van der Waals surface area contributed by atoms with E-state index in [1.165, 1.54) is 87.7 Å². The Kier molecular flexibility index (Phi) is 5.34. The molecule has 8 aromatic carbocycles. The topological polar surface area (TPSA) is 4.44 Å². The number of hydrogen-bond donors (Lipinski definition) is 1. The van der Waals surface area contributed by atoms with Crippen molar-refractivity contribution >= 4 is 49.4 Å². The summed E-state index contributed by atoms with van der Waals surface area (Å²) in [6, 6.07) is 60.0. The number of fused-ring (bicyclic) bond motifs is 4. The maximum Gasteiger partial charge on any atom is 0.203 e. The summed E-state index contributed by atoms with van der Waals surface area (Å²) >= 11 is 0. The fourth-order valence-corrected chi connectivity index (χ4v) is 7.03. The zero-order valence-corrected chi connectivity index (χ0v) is 23.6. The van der Waals surface area contributed by atoms with E-state index in [-0.39, 0.29) is 0 Å². The summed E-state index contributed by atoms with van der Waals surface area (Å²) in [6.45, 7) is 0. The van der Waals surface area contributed by atoms with E-state index in [1.54, 1.807) is 0 Å². The largest absolute Gasteiger partial charge is 0.228 e. The molecule has 1 aliphatic rings. The highest BCUT2D eigenvalue weighted by Crippen LogP contribution is 2.44. The third-order valence-corrected chi connectivity index (χ3v) is 9.07. The molecule has 0 aromatic heterocycles. The predicted octanol–water partition coefficient (Wildman–Crippen LogP) is 10.6. The normalized spacial score (nSPS) is 12.6. The van der Waals surface area contributed by atoms with Gasteiger partial charge in [0.1, 0.15) is 5.69 Å². The molecule has 0 unspecified atom stereocenters. The molecule has 0 spiro atoms. The average molecular weight is 547 g/mol. The van der Waals surface area contributed by atoms with Crippen molar-refractivity contribution in [2.45, 2.75) is 0 Å². The zero-order chi connectivity index (χ0) is 28.3. The fraction of sp³-hybridized carbons (Fsp3) is 0. The molecule has 1 aliphatic heterocycles. The second-order valence-corrected chi connectivity index (χ2v) is 11.4. The van der Waals surface area contributed by atoms with Crippen LogP contribution in [-0.2, 0) is 0 Å². The van der Waals surface area contributed by atoms with Crippen molar-refractivity contribution in [1.29, 1.82) is 0 Å². The van der Waals surface area contributed by atoms with Gasteiger partial charge >= 0.3 is 0 Å². The second-order valence-electron chi connectivity index (χ2n) is 11.4. The van der Waals surface area contributed by atoms with Gasteiger partial charge in [-0.15, -0.1) is 0 Å². The van der Waals surface area contributed by atoms with Crippen LogP contribution in [0.1, 0.15) is 0 Å². The lowest BCUT2D eigenvalue weighted by atomic mass is 9.85. The van der Waals surface area contributed by atoms with Crippen LogP contribution in [-0.4, -0.2) is 0 Å². The molecule has 0 aliphatic carbocycles. The van der Waals surface area contributed by atoms with Crippen molar-refractivity contribution in [1.82, 2.24) is 0 Å². The third-order valence-electron chi connectivity index (χ3n) is 9.07. The van der Waals surface area contributed by atoms with E-state index in [1.807, 2.05) is 0 Å². The molecule has 0 radical (unpaired) electrons. The van der Waals surface area contributed by atoms with Gasteiger partial charge in [0.2, 0.25) is 11.4 Å². The molecule has 9 rings (SSSR count). The molecule has 1 heteroatoms. The van der Waals surface area contributed by atoms with E-state index in [0.29, 0.717) is 0 Å². The SMILES string of the molecule is c1ccc2c(c1)[NH+]2c1ccc(-c2c3ccccc3c(-c3ccc(-c4cccc5ccccc45)cc3)c3ccccc23)cc1. The van der Waals surface area contributed by atoms with Gasteiger partial charge in [-0.1, -0.05) is 127 Å². The van der Waals surface area contributed by atoms with Crippen LogP contribution >= 0.6 is 0 Å². The molecule has 0 fully saturated rings. The van der Waals surface area contributed by atoms with Crippen LogP contribution < -0.4 is 4.90 Å². The molecule has 0 amide bonds. The van der Waals surface area contributed by atoms with Crippen molar-refractivity contribution in [3.05, 3.63) is 164 Å². The lowest BCUT2D eigenvalue weighted by molar-refractivity contribution is -0.607. The number of rotatable bonds is 4. The van der Waals surface area contributed by atoms with E-state index < -0.39 is 0 Å². The summed E-state index contributed by atoms with van der Waals surface area (Å²) in [7, 11) is 0. The minimum Gasteiger partial charge on any atom is -0.228 e. The molecule has 1 heterocycles. The molecular weight excluding hydrogens is 518 g/mol. The summed E-state index contributed by atoms with van der Waals surface area (Å²) in [6.07, 6.45) is 0. The Bertz CT molecular complexity index is 2240. The van der Waals surface area contributed by atoms with Crippen LogP contribution in [0.5, 0.6) is 0 Å². The number of quaternary nitrogens is 1. The highest BCUT2D eigenvalue weighted by Gasteiger charge is 2.38. The Morgan fingerprint density at radius 3 is 1.28 bits per heavy atom. The Morgan fingerprint density at radius 2 is 0.721 bits per heavy atom. The van der Waals surface area contributed by atoms with Crippen LogP contribution in [0.3, 0.4) is 0 Å². The van der Waals surface area contributed by atoms with E-state index in [0.717, 1.165) is 0 Å². The number of benzene rings is 8. The Morgan fingerprint density at radius 1 is 0.302 bits per heavy atom. The van der Waals surface area contributed by atoms with Gasteiger partial charge in [-0.05, 0) is 77.8 Å². The molecule has 0 bridgehead atoms. The summed E-state index contributed by atoms with van der Waals surface area (Å²) in [4.78, 5) is 1.38. The van der Waals surface area contributed by atoms with E-state index in [9.17, 15) is 0 Å². The average Bonchev–Trinajstić information content (AvgIpc) is 3.82. The highest BCUT2D eigenvalue weighted by molar-refractivity contribution is 6.21.